The molecule has 96 valence electrons. The molecule has 0 spiro atoms. The molecule has 1 atom stereocenters. The van der Waals surface area contributed by atoms with Crippen molar-refractivity contribution in [3.05, 3.63) is 53.3 Å². The molecule has 0 fully saturated rings. The van der Waals surface area contributed by atoms with Gasteiger partial charge in [0.25, 0.3) is 0 Å². The van der Waals surface area contributed by atoms with E-state index in [-0.39, 0.29) is 6.04 Å². The summed E-state index contributed by atoms with van der Waals surface area (Å²) in [4.78, 5) is 0. The van der Waals surface area contributed by atoms with Gasteiger partial charge < -0.3 is 0 Å². The fourth-order valence-corrected chi connectivity index (χ4v) is 2.02. The largest absolute Gasteiger partial charge is 0.276 e. The van der Waals surface area contributed by atoms with E-state index in [9.17, 15) is 0 Å². The van der Waals surface area contributed by atoms with Crippen molar-refractivity contribution in [3.8, 4) is 0 Å². The van der Waals surface area contributed by atoms with Crippen LogP contribution in [0.2, 0.25) is 0 Å². The third-order valence-corrected chi connectivity index (χ3v) is 3.06. The summed E-state index contributed by atoms with van der Waals surface area (Å²) in [5, 5.41) is 4.38. The molecule has 0 saturated carbocycles. The molecule has 1 aromatic heterocycles. The summed E-state index contributed by atoms with van der Waals surface area (Å²) in [6.45, 7) is 2.09. The molecule has 0 aliphatic rings. The van der Waals surface area contributed by atoms with E-state index in [1.165, 1.54) is 11.1 Å². The number of nitrogens with two attached hydrogens (primary N) is 1. The summed E-state index contributed by atoms with van der Waals surface area (Å²) < 4.78 is 1.81. The molecule has 0 aliphatic heterocycles. The van der Waals surface area contributed by atoms with Crippen LogP contribution in [-0.2, 0) is 19.9 Å². The predicted octanol–water partition coefficient (Wildman–Crippen LogP) is 1.35. The van der Waals surface area contributed by atoms with E-state index in [0.717, 1.165) is 18.5 Å². The molecule has 1 unspecified atom stereocenters. The lowest BCUT2D eigenvalue weighted by Gasteiger charge is -2.14. The second kappa shape index (κ2) is 5.80. The zero-order valence-electron chi connectivity index (χ0n) is 10.9. The predicted molar refractivity (Wildman–Crippen MR) is 72.9 cm³/mol. The van der Waals surface area contributed by atoms with Crippen LogP contribution in [0.4, 0.5) is 0 Å². The minimum absolute atomic E-state index is 0.211. The van der Waals surface area contributed by atoms with Crippen molar-refractivity contribution >= 4 is 0 Å². The van der Waals surface area contributed by atoms with Crippen molar-refractivity contribution in [1.29, 1.82) is 0 Å². The Labute approximate surface area is 108 Å². The maximum absolute atomic E-state index is 5.62. The number of hydrogen-bond donors (Lipinski definition) is 2. The quantitative estimate of drug-likeness (QED) is 0.616. The third kappa shape index (κ3) is 3.42. The first kappa shape index (κ1) is 12.8. The van der Waals surface area contributed by atoms with Crippen LogP contribution in [-0.4, -0.2) is 15.8 Å². The summed E-state index contributed by atoms with van der Waals surface area (Å²) >= 11 is 0. The summed E-state index contributed by atoms with van der Waals surface area (Å²) in [5.74, 6) is 5.62. The molecule has 2 rings (SSSR count). The molecule has 0 amide bonds. The van der Waals surface area contributed by atoms with E-state index in [4.69, 9.17) is 5.84 Å². The molecular formula is C14H20N4. The highest BCUT2D eigenvalue weighted by Gasteiger charge is 2.10. The van der Waals surface area contributed by atoms with Crippen LogP contribution in [0.3, 0.4) is 0 Å². The molecule has 0 bridgehead atoms. The van der Waals surface area contributed by atoms with Gasteiger partial charge in [0.1, 0.15) is 0 Å². The van der Waals surface area contributed by atoms with Crippen molar-refractivity contribution < 1.29 is 0 Å². The Morgan fingerprint density at radius 1 is 1.22 bits per heavy atom. The van der Waals surface area contributed by atoms with Crippen molar-refractivity contribution in [2.45, 2.75) is 25.8 Å². The van der Waals surface area contributed by atoms with Crippen LogP contribution in [0.1, 0.15) is 16.8 Å². The molecule has 0 saturated heterocycles. The molecule has 18 heavy (non-hydrogen) atoms. The lowest BCUT2D eigenvalue weighted by Crippen LogP contribution is -2.38. The van der Waals surface area contributed by atoms with Gasteiger partial charge >= 0.3 is 0 Å². The molecule has 4 heteroatoms. The van der Waals surface area contributed by atoms with Gasteiger partial charge in [0.2, 0.25) is 0 Å². The van der Waals surface area contributed by atoms with Gasteiger partial charge in [0, 0.05) is 25.7 Å². The highest BCUT2D eigenvalue weighted by molar-refractivity contribution is 5.22. The summed E-state index contributed by atoms with van der Waals surface area (Å²) in [5.41, 5.74) is 6.51. The maximum Gasteiger partial charge on any atom is 0.0640 e. The monoisotopic (exact) mass is 244 g/mol. The topological polar surface area (TPSA) is 55.9 Å². The number of nitrogens with one attached hydrogen (secondary N) is 1. The fraction of sp³-hybridized carbons (Fsp3) is 0.357. The second-order valence-corrected chi connectivity index (χ2v) is 4.74. The number of nitrogens with zero attached hydrogens (tertiary/aromatic N) is 2. The Bertz CT molecular complexity index is 487. The summed E-state index contributed by atoms with van der Waals surface area (Å²) in [6, 6.07) is 10.8. The number of aromatic nitrogens is 2. The molecule has 0 aliphatic carbocycles. The number of aryl methyl sites for hydroxylation is 2. The number of hydrogen-bond acceptors (Lipinski definition) is 3. The van der Waals surface area contributed by atoms with Crippen molar-refractivity contribution in [2.24, 2.45) is 12.9 Å². The second-order valence-electron chi connectivity index (χ2n) is 4.74. The normalized spacial score (nSPS) is 12.6. The Kier molecular flexibility index (Phi) is 4.12. The first-order valence-electron chi connectivity index (χ1n) is 6.17. The van der Waals surface area contributed by atoms with Gasteiger partial charge in [-0.15, -0.1) is 0 Å². The highest BCUT2D eigenvalue weighted by atomic mass is 15.3. The lowest BCUT2D eigenvalue weighted by molar-refractivity contribution is 0.514. The zero-order chi connectivity index (χ0) is 13.0. The minimum Gasteiger partial charge on any atom is -0.276 e. The molecule has 2 aromatic rings. The number of rotatable bonds is 5. The lowest BCUT2D eigenvalue weighted by atomic mass is 10.0. The Hall–Kier alpha value is -1.65. The fourth-order valence-electron chi connectivity index (χ4n) is 2.02. The zero-order valence-corrected chi connectivity index (χ0v) is 10.9. The van der Waals surface area contributed by atoms with E-state index in [1.54, 1.807) is 0 Å². The van der Waals surface area contributed by atoms with Crippen LogP contribution in [0.15, 0.2) is 36.5 Å². The smallest absolute Gasteiger partial charge is 0.0640 e. The Morgan fingerprint density at radius 3 is 2.50 bits per heavy atom. The van der Waals surface area contributed by atoms with Gasteiger partial charge in [-0.1, -0.05) is 29.8 Å². The van der Waals surface area contributed by atoms with E-state index in [1.807, 2.05) is 24.0 Å². The van der Waals surface area contributed by atoms with Gasteiger partial charge in [0.15, 0.2) is 0 Å². The standard InChI is InChI=1S/C14H20N4/c1-11-3-5-12(6-4-11)9-14(16-15)10-13-7-8-18(2)17-13/h3-8,14,16H,9-10,15H2,1-2H3. The summed E-state index contributed by atoms with van der Waals surface area (Å²) in [6.07, 6.45) is 3.70. The van der Waals surface area contributed by atoms with Crippen molar-refractivity contribution in [2.75, 3.05) is 0 Å². The third-order valence-electron chi connectivity index (χ3n) is 3.06. The number of benzene rings is 1. The van der Waals surface area contributed by atoms with E-state index < -0.39 is 0 Å². The highest BCUT2D eigenvalue weighted by Crippen LogP contribution is 2.09. The molecule has 0 radical (unpaired) electrons. The number of hydrazine groups is 1. The first-order valence-corrected chi connectivity index (χ1v) is 6.17. The molecule has 1 aromatic carbocycles. The molecule has 3 N–H and O–H groups in total. The van der Waals surface area contributed by atoms with Crippen LogP contribution >= 0.6 is 0 Å². The van der Waals surface area contributed by atoms with Crippen molar-refractivity contribution in [1.82, 2.24) is 15.2 Å². The first-order chi connectivity index (χ1) is 8.67. The van der Waals surface area contributed by atoms with Gasteiger partial charge in [-0.05, 0) is 25.0 Å². The average Bonchev–Trinajstić information content (AvgIpc) is 2.77. The maximum atomic E-state index is 5.62. The Balaban J connectivity index is 1.99. The average molecular weight is 244 g/mol. The summed E-state index contributed by atoms with van der Waals surface area (Å²) in [7, 11) is 1.92. The molecular weight excluding hydrogens is 224 g/mol. The molecule has 1 heterocycles. The van der Waals surface area contributed by atoms with Crippen molar-refractivity contribution in [3.63, 3.8) is 0 Å². The van der Waals surface area contributed by atoms with Gasteiger partial charge in [-0.2, -0.15) is 5.10 Å². The van der Waals surface area contributed by atoms with E-state index in [2.05, 4.69) is 41.7 Å². The minimum atomic E-state index is 0.211. The van der Waals surface area contributed by atoms with Crippen LogP contribution in [0.25, 0.3) is 0 Å². The van der Waals surface area contributed by atoms with Crippen LogP contribution in [0.5, 0.6) is 0 Å². The van der Waals surface area contributed by atoms with Gasteiger partial charge in [0.05, 0.1) is 5.69 Å². The Morgan fingerprint density at radius 2 is 1.94 bits per heavy atom. The van der Waals surface area contributed by atoms with E-state index >= 15 is 0 Å². The van der Waals surface area contributed by atoms with Crippen LogP contribution < -0.4 is 11.3 Å². The van der Waals surface area contributed by atoms with Crippen LogP contribution in [0, 0.1) is 6.92 Å². The van der Waals surface area contributed by atoms with E-state index in [0.29, 0.717) is 0 Å². The van der Waals surface area contributed by atoms with Gasteiger partial charge in [-0.25, -0.2) is 0 Å². The SMILES string of the molecule is Cc1ccc(CC(Cc2ccn(C)n2)NN)cc1. The molecule has 4 nitrogen and oxygen atoms in total. The van der Waals surface area contributed by atoms with Gasteiger partial charge in [-0.3, -0.25) is 16.0 Å².